The van der Waals surface area contributed by atoms with Gasteiger partial charge in [-0.3, -0.25) is 0 Å². The van der Waals surface area contributed by atoms with E-state index in [2.05, 4.69) is 15.9 Å². The van der Waals surface area contributed by atoms with Crippen molar-refractivity contribution in [2.75, 3.05) is 5.73 Å². The minimum absolute atomic E-state index is 0.773. The first-order chi connectivity index (χ1) is 7.16. The molecule has 0 amide bonds. The monoisotopic (exact) mass is 283 g/mol. The summed E-state index contributed by atoms with van der Waals surface area (Å²) in [4.78, 5) is 2.15. The highest BCUT2D eigenvalue weighted by molar-refractivity contribution is 9.10. The Morgan fingerprint density at radius 1 is 1.27 bits per heavy atom. The number of furan rings is 1. The molecule has 0 bridgehead atoms. The summed E-state index contributed by atoms with van der Waals surface area (Å²) in [5.41, 5.74) is 6.68. The normalized spacial score (nSPS) is 10.5. The lowest BCUT2D eigenvalue weighted by atomic mass is 10.3. The van der Waals surface area contributed by atoms with Crippen LogP contribution in [0.1, 0.15) is 5.76 Å². The molecule has 2 aromatic rings. The Balaban J connectivity index is 2.29. The molecular weight excluding hydrogens is 274 g/mol. The fourth-order valence-electron chi connectivity index (χ4n) is 1.21. The van der Waals surface area contributed by atoms with Crippen LogP contribution in [0.5, 0.6) is 0 Å². The summed E-state index contributed by atoms with van der Waals surface area (Å²) >= 11 is 5.00. The van der Waals surface area contributed by atoms with Gasteiger partial charge in [0.2, 0.25) is 0 Å². The first kappa shape index (κ1) is 10.6. The van der Waals surface area contributed by atoms with Gasteiger partial charge in [0.05, 0.1) is 11.2 Å². The SMILES string of the molecule is Cc1occc1Sc1ccc(Br)cc1N. The van der Waals surface area contributed by atoms with Crippen LogP contribution in [0.25, 0.3) is 0 Å². The van der Waals surface area contributed by atoms with Gasteiger partial charge in [0.25, 0.3) is 0 Å². The Kier molecular flexibility index (Phi) is 3.07. The second-order valence-electron chi connectivity index (χ2n) is 3.13. The van der Waals surface area contributed by atoms with Gasteiger partial charge in [-0.2, -0.15) is 0 Å². The van der Waals surface area contributed by atoms with Crippen molar-refractivity contribution in [2.24, 2.45) is 0 Å². The van der Waals surface area contributed by atoms with E-state index in [4.69, 9.17) is 10.2 Å². The molecule has 2 nitrogen and oxygen atoms in total. The van der Waals surface area contributed by atoms with Crippen LogP contribution in [0.15, 0.2) is 49.2 Å². The lowest BCUT2D eigenvalue weighted by Crippen LogP contribution is -1.87. The van der Waals surface area contributed by atoms with Crippen LogP contribution in [-0.4, -0.2) is 0 Å². The van der Waals surface area contributed by atoms with E-state index in [1.54, 1.807) is 18.0 Å². The third kappa shape index (κ3) is 2.38. The Morgan fingerprint density at radius 2 is 2.07 bits per heavy atom. The number of rotatable bonds is 2. The average Bonchev–Trinajstić information content (AvgIpc) is 2.57. The van der Waals surface area contributed by atoms with Crippen LogP contribution in [0, 0.1) is 6.92 Å². The van der Waals surface area contributed by atoms with Crippen molar-refractivity contribution in [3.8, 4) is 0 Å². The summed E-state index contributed by atoms with van der Waals surface area (Å²) in [5.74, 6) is 0.919. The highest BCUT2D eigenvalue weighted by Gasteiger charge is 2.06. The van der Waals surface area contributed by atoms with Gasteiger partial charge >= 0.3 is 0 Å². The van der Waals surface area contributed by atoms with Crippen molar-refractivity contribution in [2.45, 2.75) is 16.7 Å². The molecule has 0 radical (unpaired) electrons. The van der Waals surface area contributed by atoms with Crippen molar-refractivity contribution in [3.05, 3.63) is 40.8 Å². The van der Waals surface area contributed by atoms with Crippen molar-refractivity contribution in [1.29, 1.82) is 0 Å². The van der Waals surface area contributed by atoms with E-state index in [0.29, 0.717) is 0 Å². The van der Waals surface area contributed by atoms with E-state index in [9.17, 15) is 0 Å². The van der Waals surface area contributed by atoms with E-state index in [1.165, 1.54) is 0 Å². The molecule has 0 spiro atoms. The summed E-state index contributed by atoms with van der Waals surface area (Å²) in [6.45, 7) is 1.94. The second-order valence-corrected chi connectivity index (χ2v) is 5.12. The summed E-state index contributed by atoms with van der Waals surface area (Å²) in [6, 6.07) is 7.82. The molecule has 15 heavy (non-hydrogen) atoms. The zero-order chi connectivity index (χ0) is 10.8. The van der Waals surface area contributed by atoms with E-state index in [-0.39, 0.29) is 0 Å². The van der Waals surface area contributed by atoms with Crippen molar-refractivity contribution >= 4 is 33.4 Å². The van der Waals surface area contributed by atoms with Gasteiger partial charge in [-0.1, -0.05) is 27.7 Å². The fourth-order valence-corrected chi connectivity index (χ4v) is 2.45. The van der Waals surface area contributed by atoms with Crippen LogP contribution in [0.4, 0.5) is 5.69 Å². The average molecular weight is 284 g/mol. The van der Waals surface area contributed by atoms with Crippen LogP contribution in [-0.2, 0) is 0 Å². The second kappa shape index (κ2) is 4.33. The molecule has 0 saturated heterocycles. The third-order valence-corrected chi connectivity index (χ3v) is 3.73. The van der Waals surface area contributed by atoms with Crippen molar-refractivity contribution in [1.82, 2.24) is 0 Å². The first-order valence-electron chi connectivity index (χ1n) is 4.44. The molecule has 2 rings (SSSR count). The molecule has 0 aliphatic heterocycles. The maximum Gasteiger partial charge on any atom is 0.114 e. The number of benzene rings is 1. The molecule has 0 atom stereocenters. The minimum atomic E-state index is 0.773. The molecule has 1 aromatic carbocycles. The van der Waals surface area contributed by atoms with E-state index in [0.717, 1.165) is 25.7 Å². The summed E-state index contributed by atoms with van der Waals surface area (Å²) < 4.78 is 6.22. The van der Waals surface area contributed by atoms with Gasteiger partial charge in [0.15, 0.2) is 0 Å². The molecule has 0 aliphatic carbocycles. The topological polar surface area (TPSA) is 39.2 Å². The van der Waals surface area contributed by atoms with Gasteiger partial charge in [-0.25, -0.2) is 0 Å². The largest absolute Gasteiger partial charge is 0.468 e. The lowest BCUT2D eigenvalue weighted by Gasteiger charge is -2.04. The summed E-state index contributed by atoms with van der Waals surface area (Å²) in [5, 5.41) is 0. The molecule has 0 saturated carbocycles. The molecule has 1 aromatic heterocycles. The number of halogens is 1. The predicted octanol–water partition coefficient (Wildman–Crippen LogP) is 4.08. The molecule has 0 aliphatic rings. The Hall–Kier alpha value is -0.870. The highest BCUT2D eigenvalue weighted by atomic mass is 79.9. The standard InChI is InChI=1S/C11H10BrNOS/c1-7-10(4-5-14-7)15-11-3-2-8(12)6-9(11)13/h2-6H,13H2,1H3. The Labute approximate surface area is 101 Å². The fraction of sp³-hybridized carbons (Fsp3) is 0.0909. The number of anilines is 1. The summed E-state index contributed by atoms with van der Waals surface area (Å²) in [6.07, 6.45) is 1.69. The van der Waals surface area contributed by atoms with Crippen molar-refractivity contribution in [3.63, 3.8) is 0 Å². The molecule has 0 unspecified atom stereocenters. The van der Waals surface area contributed by atoms with E-state index in [1.807, 2.05) is 31.2 Å². The molecule has 78 valence electrons. The zero-order valence-electron chi connectivity index (χ0n) is 8.16. The number of hydrogen-bond acceptors (Lipinski definition) is 3. The molecule has 0 fully saturated rings. The van der Waals surface area contributed by atoms with Gasteiger partial charge < -0.3 is 10.2 Å². The van der Waals surface area contributed by atoms with Gasteiger partial charge in [0, 0.05) is 15.1 Å². The van der Waals surface area contributed by atoms with Crippen LogP contribution < -0.4 is 5.73 Å². The van der Waals surface area contributed by atoms with Gasteiger partial charge in [-0.15, -0.1) is 0 Å². The first-order valence-corrected chi connectivity index (χ1v) is 6.05. The molecular formula is C11H10BrNOS. The highest BCUT2D eigenvalue weighted by Crippen LogP contribution is 2.35. The number of nitrogen functional groups attached to an aromatic ring is 1. The molecule has 4 heteroatoms. The van der Waals surface area contributed by atoms with E-state index >= 15 is 0 Å². The molecule has 2 N–H and O–H groups in total. The number of aryl methyl sites for hydroxylation is 1. The third-order valence-electron chi connectivity index (χ3n) is 2.00. The molecule has 1 heterocycles. The number of nitrogens with two attached hydrogens (primary N) is 1. The maximum absolute atomic E-state index is 5.91. The quantitative estimate of drug-likeness (QED) is 0.844. The van der Waals surface area contributed by atoms with Crippen LogP contribution in [0.3, 0.4) is 0 Å². The van der Waals surface area contributed by atoms with Gasteiger partial charge in [-0.05, 0) is 31.2 Å². The Bertz CT molecular complexity index is 481. The van der Waals surface area contributed by atoms with Gasteiger partial charge in [0.1, 0.15) is 5.76 Å². The summed E-state index contributed by atoms with van der Waals surface area (Å²) in [7, 11) is 0. The maximum atomic E-state index is 5.91. The van der Waals surface area contributed by atoms with Crippen molar-refractivity contribution < 1.29 is 4.42 Å². The lowest BCUT2D eigenvalue weighted by molar-refractivity contribution is 0.527. The number of hydrogen-bond donors (Lipinski definition) is 1. The van der Waals surface area contributed by atoms with Crippen LogP contribution >= 0.6 is 27.7 Å². The smallest absolute Gasteiger partial charge is 0.114 e. The predicted molar refractivity (Wildman–Crippen MR) is 66.1 cm³/mol. The Morgan fingerprint density at radius 3 is 2.67 bits per heavy atom. The van der Waals surface area contributed by atoms with Crippen LogP contribution in [0.2, 0.25) is 0 Å². The minimum Gasteiger partial charge on any atom is -0.468 e. The zero-order valence-corrected chi connectivity index (χ0v) is 10.6. The van der Waals surface area contributed by atoms with E-state index < -0.39 is 0 Å².